The average Bonchev–Trinajstić information content (AvgIpc) is 1.88. The minimum atomic E-state index is 0.537. The van der Waals surface area contributed by atoms with Crippen molar-refractivity contribution in [3.8, 4) is 5.75 Å². The lowest BCUT2D eigenvalue weighted by molar-refractivity contribution is 0.243. The van der Waals surface area contributed by atoms with Crippen LogP contribution in [0.15, 0.2) is 24.3 Å². The number of nitrogens with one attached hydrogen (secondary N) is 1. The van der Waals surface area contributed by atoms with Crippen molar-refractivity contribution in [3.63, 3.8) is 0 Å². The Hall–Kier alpha value is -1.06. The molecule has 0 atom stereocenters. The molecule has 0 heterocycles. The van der Waals surface area contributed by atoms with Gasteiger partial charge in [-0.3, -0.25) is 0 Å². The first kappa shape index (κ1) is 7.05. The highest BCUT2D eigenvalue weighted by molar-refractivity contribution is 5.27. The van der Waals surface area contributed by atoms with Crippen LogP contribution in [0, 0.1) is 12.1 Å². The lowest BCUT2D eigenvalue weighted by Gasteiger charge is -2.08. The van der Waals surface area contributed by atoms with Crippen LogP contribution in [0.25, 0.3) is 0 Å². The Labute approximate surface area is 59.2 Å². The van der Waals surface area contributed by atoms with Crippen molar-refractivity contribution in [2.24, 2.45) is 0 Å². The monoisotopic (exact) mass is 138 g/mol. The lowest BCUT2D eigenvalue weighted by atomic mass is 10.2. The SMILES string of the molecule is Cc1cccc(ON[O-])c1. The third kappa shape index (κ3) is 1.72. The van der Waals surface area contributed by atoms with Crippen molar-refractivity contribution >= 4 is 0 Å². The quantitative estimate of drug-likeness (QED) is 0.628. The van der Waals surface area contributed by atoms with Crippen LogP contribution in [0.5, 0.6) is 5.75 Å². The maximum absolute atomic E-state index is 9.74. The lowest BCUT2D eigenvalue weighted by Crippen LogP contribution is -2.08. The summed E-state index contributed by atoms with van der Waals surface area (Å²) in [6.07, 6.45) is 0. The van der Waals surface area contributed by atoms with Gasteiger partial charge in [0.15, 0.2) is 0 Å². The van der Waals surface area contributed by atoms with Gasteiger partial charge < -0.3 is 10.0 Å². The van der Waals surface area contributed by atoms with Crippen molar-refractivity contribution in [3.05, 3.63) is 35.0 Å². The largest absolute Gasteiger partial charge is 0.755 e. The molecule has 1 aromatic rings. The van der Waals surface area contributed by atoms with Gasteiger partial charge in [0.25, 0.3) is 0 Å². The Kier molecular flexibility index (Phi) is 2.25. The maximum Gasteiger partial charge on any atom is 0.146 e. The predicted octanol–water partition coefficient (Wildman–Crippen LogP) is 1.38. The van der Waals surface area contributed by atoms with Gasteiger partial charge in [0.05, 0.1) is 0 Å². The van der Waals surface area contributed by atoms with E-state index in [9.17, 15) is 5.21 Å². The first-order valence-corrected chi connectivity index (χ1v) is 2.93. The molecular weight excluding hydrogens is 130 g/mol. The van der Waals surface area contributed by atoms with Gasteiger partial charge in [-0.15, -0.1) is 0 Å². The van der Waals surface area contributed by atoms with Crippen LogP contribution >= 0.6 is 0 Å². The smallest absolute Gasteiger partial charge is 0.146 e. The van der Waals surface area contributed by atoms with Crippen molar-refractivity contribution in [2.45, 2.75) is 6.92 Å². The average molecular weight is 138 g/mol. The molecule has 0 unspecified atom stereocenters. The molecule has 1 aromatic carbocycles. The Morgan fingerprint density at radius 2 is 2.30 bits per heavy atom. The standard InChI is InChI=1S/C7H8NO2/c1-6-3-2-4-7(5-6)10-8-9/h2-5,8H,1H3/q-1. The van der Waals surface area contributed by atoms with Crippen molar-refractivity contribution in [1.82, 2.24) is 5.64 Å². The summed E-state index contributed by atoms with van der Waals surface area (Å²) in [5.74, 6) is 0.537. The number of hydrogen-bond donors (Lipinski definition) is 1. The van der Waals surface area contributed by atoms with Crippen LogP contribution in [0.4, 0.5) is 0 Å². The molecule has 1 rings (SSSR count). The second-order valence-corrected chi connectivity index (χ2v) is 2.00. The Morgan fingerprint density at radius 3 is 2.90 bits per heavy atom. The Morgan fingerprint density at radius 1 is 1.50 bits per heavy atom. The molecule has 1 N–H and O–H groups in total. The van der Waals surface area contributed by atoms with E-state index >= 15 is 0 Å². The number of aryl methyl sites for hydroxylation is 1. The molecule has 54 valence electrons. The minimum Gasteiger partial charge on any atom is -0.755 e. The second-order valence-electron chi connectivity index (χ2n) is 2.00. The molecule has 0 bridgehead atoms. The van der Waals surface area contributed by atoms with Gasteiger partial charge in [0.2, 0.25) is 0 Å². The zero-order chi connectivity index (χ0) is 7.40. The zero-order valence-electron chi connectivity index (χ0n) is 5.63. The summed E-state index contributed by atoms with van der Waals surface area (Å²) in [5.41, 5.74) is 2.42. The van der Waals surface area contributed by atoms with E-state index in [1.165, 1.54) is 5.64 Å². The highest BCUT2D eigenvalue weighted by Gasteiger charge is 1.88. The molecule has 0 radical (unpaired) electrons. The molecule has 0 amide bonds. The second kappa shape index (κ2) is 3.20. The van der Waals surface area contributed by atoms with Crippen LogP contribution in [-0.2, 0) is 0 Å². The van der Waals surface area contributed by atoms with Gasteiger partial charge in [-0.25, -0.2) is 5.64 Å². The highest BCUT2D eigenvalue weighted by atomic mass is 16.8. The molecule has 0 saturated carbocycles. The summed E-state index contributed by atoms with van der Waals surface area (Å²) in [7, 11) is 0. The molecule has 0 aliphatic rings. The molecule has 0 spiro atoms. The summed E-state index contributed by atoms with van der Waals surface area (Å²) in [6.45, 7) is 1.93. The topological polar surface area (TPSA) is 44.3 Å². The van der Waals surface area contributed by atoms with Gasteiger partial charge in [-0.05, 0) is 24.6 Å². The molecule has 0 fully saturated rings. The van der Waals surface area contributed by atoms with E-state index in [1.807, 2.05) is 19.1 Å². The third-order valence-corrected chi connectivity index (χ3v) is 1.15. The van der Waals surface area contributed by atoms with Crippen LogP contribution in [0.1, 0.15) is 5.56 Å². The van der Waals surface area contributed by atoms with E-state index in [4.69, 9.17) is 0 Å². The fourth-order valence-corrected chi connectivity index (χ4v) is 0.727. The summed E-state index contributed by atoms with van der Waals surface area (Å²) >= 11 is 0. The van der Waals surface area contributed by atoms with Crippen molar-refractivity contribution in [2.75, 3.05) is 0 Å². The summed E-state index contributed by atoms with van der Waals surface area (Å²) in [4.78, 5) is 4.48. The molecule has 10 heavy (non-hydrogen) atoms. The normalized spacial score (nSPS) is 9.40. The van der Waals surface area contributed by atoms with Crippen LogP contribution in [0.2, 0.25) is 0 Å². The molecule has 0 saturated heterocycles. The maximum atomic E-state index is 9.74. The highest BCUT2D eigenvalue weighted by Crippen LogP contribution is 2.10. The summed E-state index contributed by atoms with van der Waals surface area (Å²) in [6, 6.07) is 7.22. The predicted molar refractivity (Wildman–Crippen MR) is 38.3 cm³/mol. The van der Waals surface area contributed by atoms with Crippen molar-refractivity contribution in [1.29, 1.82) is 0 Å². The number of rotatable bonds is 2. The Balaban J connectivity index is 2.75. The Bertz CT molecular complexity index is 213. The van der Waals surface area contributed by atoms with Crippen LogP contribution in [-0.4, -0.2) is 0 Å². The number of hydrogen-bond acceptors (Lipinski definition) is 3. The number of benzene rings is 1. The van der Waals surface area contributed by atoms with Gasteiger partial charge in [0, 0.05) is 0 Å². The van der Waals surface area contributed by atoms with Gasteiger partial charge in [0.1, 0.15) is 5.75 Å². The van der Waals surface area contributed by atoms with Gasteiger partial charge in [-0.1, -0.05) is 12.1 Å². The van der Waals surface area contributed by atoms with Crippen LogP contribution in [0.3, 0.4) is 0 Å². The fourth-order valence-electron chi connectivity index (χ4n) is 0.727. The van der Waals surface area contributed by atoms with Gasteiger partial charge >= 0.3 is 0 Å². The fraction of sp³-hybridized carbons (Fsp3) is 0.143. The van der Waals surface area contributed by atoms with E-state index < -0.39 is 0 Å². The minimum absolute atomic E-state index is 0.537. The van der Waals surface area contributed by atoms with E-state index in [0.717, 1.165) is 5.56 Å². The molecule has 0 aromatic heterocycles. The first-order valence-electron chi connectivity index (χ1n) is 2.93. The third-order valence-electron chi connectivity index (χ3n) is 1.15. The van der Waals surface area contributed by atoms with Crippen molar-refractivity contribution < 1.29 is 4.84 Å². The first-order chi connectivity index (χ1) is 4.83. The van der Waals surface area contributed by atoms with Crippen LogP contribution < -0.4 is 10.5 Å². The molecule has 0 aliphatic heterocycles. The molecule has 3 heteroatoms. The molecular formula is C7H8NO2-. The van der Waals surface area contributed by atoms with E-state index in [0.29, 0.717) is 5.75 Å². The van der Waals surface area contributed by atoms with E-state index in [2.05, 4.69) is 4.84 Å². The van der Waals surface area contributed by atoms with E-state index in [1.54, 1.807) is 12.1 Å². The summed E-state index contributed by atoms with van der Waals surface area (Å²) < 4.78 is 0. The molecule has 3 nitrogen and oxygen atoms in total. The molecule has 0 aliphatic carbocycles. The van der Waals surface area contributed by atoms with E-state index in [-0.39, 0.29) is 0 Å². The van der Waals surface area contributed by atoms with Gasteiger partial charge in [-0.2, -0.15) is 0 Å². The summed E-state index contributed by atoms with van der Waals surface area (Å²) in [5, 5.41) is 9.74. The zero-order valence-corrected chi connectivity index (χ0v) is 5.63.